The molecule has 0 aliphatic heterocycles. The number of nitrogens with zero attached hydrogens (tertiary/aromatic N) is 2. The van der Waals surface area contributed by atoms with Crippen molar-refractivity contribution in [3.8, 4) is 11.5 Å². The van der Waals surface area contributed by atoms with Gasteiger partial charge in [0.1, 0.15) is 0 Å². The largest absolute Gasteiger partial charge is 0.493 e. The summed E-state index contributed by atoms with van der Waals surface area (Å²) in [6, 6.07) is 2.99. The van der Waals surface area contributed by atoms with Crippen LogP contribution in [0.15, 0.2) is 16.7 Å². The molecule has 0 saturated heterocycles. The molecule has 0 unspecified atom stereocenters. The summed E-state index contributed by atoms with van der Waals surface area (Å²) in [5.74, 6) is 0.774. The first-order chi connectivity index (χ1) is 9.55. The molecule has 8 nitrogen and oxygen atoms in total. The second-order valence-electron chi connectivity index (χ2n) is 3.90. The van der Waals surface area contributed by atoms with Crippen LogP contribution in [0.25, 0.3) is 0 Å². The Morgan fingerprint density at radius 2 is 1.95 bits per heavy atom. The molecule has 2 aromatic rings. The summed E-state index contributed by atoms with van der Waals surface area (Å²) in [6.45, 7) is 1.64. The van der Waals surface area contributed by atoms with Gasteiger partial charge in [-0.2, -0.15) is 4.98 Å². The molecule has 1 aromatic carbocycles. The van der Waals surface area contributed by atoms with Crippen molar-refractivity contribution in [3.63, 3.8) is 0 Å². The molecule has 0 fully saturated rings. The first kappa shape index (κ1) is 13.7. The highest BCUT2D eigenvalue weighted by molar-refractivity contribution is 6.07. The number of nitrogen functional groups attached to an aromatic ring is 1. The smallest absolute Gasteiger partial charge is 0.328 e. The Morgan fingerprint density at radius 3 is 2.50 bits per heavy atom. The molecule has 0 atom stereocenters. The van der Waals surface area contributed by atoms with E-state index in [2.05, 4.69) is 15.5 Å². The average molecular weight is 278 g/mol. The minimum Gasteiger partial charge on any atom is -0.493 e. The number of carbonyl (C=O) groups excluding carboxylic acids is 1. The zero-order chi connectivity index (χ0) is 14.7. The van der Waals surface area contributed by atoms with E-state index in [0.29, 0.717) is 17.3 Å². The van der Waals surface area contributed by atoms with Crippen molar-refractivity contribution in [1.29, 1.82) is 0 Å². The van der Waals surface area contributed by atoms with Gasteiger partial charge in [-0.1, -0.05) is 5.16 Å². The van der Waals surface area contributed by atoms with Crippen molar-refractivity contribution >= 4 is 17.6 Å². The van der Waals surface area contributed by atoms with Crippen LogP contribution in [0.4, 0.5) is 11.7 Å². The van der Waals surface area contributed by atoms with E-state index in [1.165, 1.54) is 26.4 Å². The van der Waals surface area contributed by atoms with Gasteiger partial charge in [-0.3, -0.25) is 10.1 Å². The van der Waals surface area contributed by atoms with Crippen LogP contribution in [-0.2, 0) is 0 Å². The molecule has 2 rings (SSSR count). The van der Waals surface area contributed by atoms with Crippen molar-refractivity contribution in [2.45, 2.75) is 6.92 Å². The Hall–Kier alpha value is -2.77. The molecule has 1 heterocycles. The van der Waals surface area contributed by atoms with Gasteiger partial charge >= 0.3 is 6.01 Å². The summed E-state index contributed by atoms with van der Waals surface area (Å²) in [7, 11) is 2.95. The standard InChI is InChI=1S/C12H14N4O4/c1-6-14-12(20-16-6)15-11(17)7-4-9(18-2)10(19-3)5-8(7)13/h4-5H,13H2,1-3H3,(H,14,15,16,17). The molecule has 0 aliphatic rings. The lowest BCUT2D eigenvalue weighted by atomic mass is 10.1. The number of anilines is 2. The van der Waals surface area contributed by atoms with E-state index in [0.717, 1.165) is 0 Å². The average Bonchev–Trinajstić information content (AvgIpc) is 2.83. The fraction of sp³-hybridized carbons (Fsp3) is 0.250. The molecule has 3 N–H and O–H groups in total. The number of nitrogens with two attached hydrogens (primary N) is 1. The van der Waals surface area contributed by atoms with Crippen LogP contribution in [-0.4, -0.2) is 30.3 Å². The minimum atomic E-state index is -0.480. The van der Waals surface area contributed by atoms with Crippen LogP contribution >= 0.6 is 0 Å². The number of hydrogen-bond acceptors (Lipinski definition) is 7. The summed E-state index contributed by atoms with van der Waals surface area (Å²) in [5, 5.41) is 6.02. The molecule has 0 aliphatic carbocycles. The molecule has 106 valence electrons. The summed E-state index contributed by atoms with van der Waals surface area (Å²) >= 11 is 0. The molecule has 8 heteroatoms. The Balaban J connectivity index is 2.29. The Labute approximate surface area is 114 Å². The quantitative estimate of drug-likeness (QED) is 0.808. The number of ether oxygens (including phenoxy) is 2. The van der Waals surface area contributed by atoms with Gasteiger partial charge in [-0.05, 0) is 13.0 Å². The molecule has 1 amide bonds. The summed E-state index contributed by atoms with van der Waals surface area (Å²) in [5.41, 5.74) is 6.28. The number of aromatic nitrogens is 2. The maximum atomic E-state index is 12.1. The number of aryl methyl sites for hydroxylation is 1. The van der Waals surface area contributed by atoms with Gasteiger partial charge < -0.3 is 19.7 Å². The van der Waals surface area contributed by atoms with Gasteiger partial charge in [0, 0.05) is 11.8 Å². The summed E-state index contributed by atoms with van der Waals surface area (Å²) < 4.78 is 15.0. The van der Waals surface area contributed by atoms with E-state index in [-0.39, 0.29) is 17.3 Å². The van der Waals surface area contributed by atoms with Crippen LogP contribution in [0.2, 0.25) is 0 Å². The number of carbonyl (C=O) groups is 1. The highest BCUT2D eigenvalue weighted by Crippen LogP contribution is 2.32. The second-order valence-corrected chi connectivity index (χ2v) is 3.90. The van der Waals surface area contributed by atoms with Crippen molar-refractivity contribution in [3.05, 3.63) is 23.5 Å². The third-order valence-electron chi connectivity index (χ3n) is 2.55. The van der Waals surface area contributed by atoms with Gasteiger partial charge in [0.05, 0.1) is 19.8 Å². The van der Waals surface area contributed by atoms with Crippen LogP contribution in [0.1, 0.15) is 16.2 Å². The molecule has 20 heavy (non-hydrogen) atoms. The van der Waals surface area contributed by atoms with Gasteiger partial charge in [-0.15, -0.1) is 0 Å². The van der Waals surface area contributed by atoms with E-state index in [1.54, 1.807) is 6.92 Å². The van der Waals surface area contributed by atoms with Crippen molar-refractivity contribution in [1.82, 2.24) is 10.1 Å². The predicted octanol–water partition coefficient (Wildman–Crippen LogP) is 1.23. The normalized spacial score (nSPS) is 10.2. The minimum absolute atomic E-state index is 0.00156. The fourth-order valence-corrected chi connectivity index (χ4v) is 1.60. The molecule has 0 bridgehead atoms. The van der Waals surface area contributed by atoms with Crippen LogP contribution < -0.4 is 20.5 Å². The maximum Gasteiger partial charge on any atom is 0.328 e. The zero-order valence-corrected chi connectivity index (χ0v) is 11.3. The van der Waals surface area contributed by atoms with Crippen molar-refractivity contribution in [2.24, 2.45) is 0 Å². The summed E-state index contributed by atoms with van der Waals surface area (Å²) in [4.78, 5) is 16.0. The van der Waals surface area contributed by atoms with Crippen LogP contribution in [0, 0.1) is 6.92 Å². The SMILES string of the molecule is COc1cc(N)c(C(=O)Nc2nc(C)no2)cc1OC. The molecular weight excluding hydrogens is 264 g/mol. The fourth-order valence-electron chi connectivity index (χ4n) is 1.60. The molecule has 0 radical (unpaired) electrons. The number of benzene rings is 1. The van der Waals surface area contributed by atoms with E-state index in [9.17, 15) is 4.79 Å². The first-order valence-electron chi connectivity index (χ1n) is 5.68. The van der Waals surface area contributed by atoms with E-state index >= 15 is 0 Å². The highest BCUT2D eigenvalue weighted by Gasteiger charge is 2.17. The molecule has 0 saturated carbocycles. The third-order valence-corrected chi connectivity index (χ3v) is 2.55. The molecule has 0 spiro atoms. The monoisotopic (exact) mass is 278 g/mol. The summed E-state index contributed by atoms with van der Waals surface area (Å²) in [6.07, 6.45) is 0. The van der Waals surface area contributed by atoms with E-state index < -0.39 is 5.91 Å². The topological polar surface area (TPSA) is 112 Å². The number of nitrogens with one attached hydrogen (secondary N) is 1. The van der Waals surface area contributed by atoms with E-state index in [4.69, 9.17) is 19.7 Å². The van der Waals surface area contributed by atoms with E-state index in [1.807, 2.05) is 0 Å². The number of hydrogen-bond donors (Lipinski definition) is 2. The van der Waals surface area contributed by atoms with Crippen LogP contribution in [0.5, 0.6) is 11.5 Å². The van der Waals surface area contributed by atoms with Gasteiger partial charge in [0.2, 0.25) is 0 Å². The second kappa shape index (κ2) is 5.47. The molecular formula is C12H14N4O4. The highest BCUT2D eigenvalue weighted by atomic mass is 16.5. The Bertz CT molecular complexity index is 638. The first-order valence-corrected chi connectivity index (χ1v) is 5.68. The number of amides is 1. The van der Waals surface area contributed by atoms with Gasteiger partial charge in [-0.25, -0.2) is 0 Å². The van der Waals surface area contributed by atoms with Crippen LogP contribution in [0.3, 0.4) is 0 Å². The zero-order valence-electron chi connectivity index (χ0n) is 11.3. The van der Waals surface area contributed by atoms with Crippen molar-refractivity contribution in [2.75, 3.05) is 25.3 Å². The lowest BCUT2D eigenvalue weighted by molar-refractivity contribution is 0.102. The number of rotatable bonds is 4. The molecule has 1 aromatic heterocycles. The van der Waals surface area contributed by atoms with Gasteiger partial charge in [0.15, 0.2) is 17.3 Å². The van der Waals surface area contributed by atoms with Crippen molar-refractivity contribution < 1.29 is 18.8 Å². The maximum absolute atomic E-state index is 12.1. The van der Waals surface area contributed by atoms with Gasteiger partial charge in [0.25, 0.3) is 5.91 Å². The number of methoxy groups -OCH3 is 2. The third kappa shape index (κ3) is 2.63. The Kier molecular flexibility index (Phi) is 3.74. The lowest BCUT2D eigenvalue weighted by Crippen LogP contribution is -2.14. The lowest BCUT2D eigenvalue weighted by Gasteiger charge is -2.11. The predicted molar refractivity (Wildman–Crippen MR) is 70.9 cm³/mol. The Morgan fingerprint density at radius 1 is 1.30 bits per heavy atom.